The lowest BCUT2D eigenvalue weighted by Gasteiger charge is -2.24. The maximum atomic E-state index is 12.0. The highest BCUT2D eigenvalue weighted by molar-refractivity contribution is 5.85. The molecule has 2 amide bonds. The molecule has 0 aliphatic carbocycles. The number of likely N-dealkylation sites (N-methyl/N-ethyl adjacent to an activating group) is 1. The maximum absolute atomic E-state index is 12.0. The highest BCUT2D eigenvalue weighted by Crippen LogP contribution is 2.12. The normalized spacial score (nSPS) is 17.4. The van der Waals surface area contributed by atoms with Crippen LogP contribution in [-0.2, 0) is 14.3 Å². The molecule has 1 rings (SSSR count). The quantitative estimate of drug-likeness (QED) is 0.360. The molecule has 1 saturated heterocycles. The number of hydrogen-bond acceptors (Lipinski definition) is 5. The van der Waals surface area contributed by atoms with Gasteiger partial charge in [-0.05, 0) is 40.5 Å². The molecule has 0 radical (unpaired) electrons. The van der Waals surface area contributed by atoms with Crippen molar-refractivity contribution in [2.75, 3.05) is 53.5 Å². The van der Waals surface area contributed by atoms with Crippen molar-refractivity contribution in [2.24, 2.45) is 4.99 Å². The first-order valence-corrected chi connectivity index (χ1v) is 9.93. The van der Waals surface area contributed by atoms with E-state index in [-0.39, 0.29) is 18.5 Å². The van der Waals surface area contributed by atoms with Gasteiger partial charge in [-0.15, -0.1) is 0 Å². The minimum Gasteiger partial charge on any atom is -0.444 e. The Labute approximate surface area is 168 Å². The fraction of sp³-hybridized carbons (Fsp3) is 0.842. The molecular formula is C19H37N5O4. The van der Waals surface area contributed by atoms with Gasteiger partial charge in [0.1, 0.15) is 12.1 Å². The minimum atomic E-state index is -0.524. The van der Waals surface area contributed by atoms with Crippen LogP contribution >= 0.6 is 0 Å². The number of carbonyl (C=O) groups excluding carboxylic acids is 2. The third-order valence-electron chi connectivity index (χ3n) is 4.02. The van der Waals surface area contributed by atoms with Gasteiger partial charge >= 0.3 is 6.09 Å². The molecule has 1 fully saturated rings. The number of aliphatic imine (C=N–C) groups is 1. The topological polar surface area (TPSA) is 95.5 Å². The lowest BCUT2D eigenvalue weighted by molar-refractivity contribution is -0.127. The summed E-state index contributed by atoms with van der Waals surface area (Å²) in [6, 6.07) is -0.0187. The average Bonchev–Trinajstić information content (AvgIpc) is 3.03. The van der Waals surface area contributed by atoms with E-state index in [0.29, 0.717) is 32.3 Å². The molecule has 2 N–H and O–H groups in total. The van der Waals surface area contributed by atoms with Crippen molar-refractivity contribution in [1.29, 1.82) is 0 Å². The molecular weight excluding hydrogens is 362 g/mol. The SMILES string of the molecule is CCOCCCNC(=NCC(=O)N(C)C)N1CCC(NC(=O)OC(C)(C)C)C1. The molecule has 0 aromatic rings. The number of alkyl carbamates (subject to hydrolysis) is 1. The van der Waals surface area contributed by atoms with Gasteiger partial charge < -0.3 is 29.9 Å². The summed E-state index contributed by atoms with van der Waals surface area (Å²) in [7, 11) is 3.42. The summed E-state index contributed by atoms with van der Waals surface area (Å²) in [5.74, 6) is 0.622. The Balaban J connectivity index is 2.61. The highest BCUT2D eigenvalue weighted by Gasteiger charge is 2.28. The van der Waals surface area contributed by atoms with Crippen LogP contribution in [0.2, 0.25) is 0 Å². The Morgan fingerprint density at radius 1 is 1.29 bits per heavy atom. The Bertz CT molecular complexity index is 531. The summed E-state index contributed by atoms with van der Waals surface area (Å²) >= 11 is 0. The van der Waals surface area contributed by atoms with Gasteiger partial charge in [-0.1, -0.05) is 0 Å². The zero-order chi connectivity index (χ0) is 21.2. The summed E-state index contributed by atoms with van der Waals surface area (Å²) in [6.45, 7) is 11.0. The number of nitrogens with zero attached hydrogens (tertiary/aromatic N) is 3. The number of carbonyl (C=O) groups is 2. The van der Waals surface area contributed by atoms with Gasteiger partial charge in [0.05, 0.1) is 6.04 Å². The Morgan fingerprint density at radius 3 is 2.61 bits per heavy atom. The van der Waals surface area contributed by atoms with Crippen molar-refractivity contribution < 1.29 is 19.1 Å². The van der Waals surface area contributed by atoms with E-state index in [4.69, 9.17) is 9.47 Å². The second kappa shape index (κ2) is 11.7. The molecule has 9 nitrogen and oxygen atoms in total. The molecule has 1 aliphatic rings. The van der Waals surface area contributed by atoms with Gasteiger partial charge in [0.25, 0.3) is 0 Å². The molecule has 0 aromatic carbocycles. The van der Waals surface area contributed by atoms with Crippen LogP contribution in [0.1, 0.15) is 40.5 Å². The molecule has 9 heteroatoms. The van der Waals surface area contributed by atoms with Crippen molar-refractivity contribution in [2.45, 2.75) is 52.2 Å². The largest absolute Gasteiger partial charge is 0.444 e. The molecule has 1 unspecified atom stereocenters. The molecule has 1 aliphatic heterocycles. The smallest absolute Gasteiger partial charge is 0.407 e. The number of amides is 2. The molecule has 162 valence electrons. The summed E-state index contributed by atoms with van der Waals surface area (Å²) in [5.41, 5.74) is -0.524. The first-order valence-electron chi connectivity index (χ1n) is 9.93. The Morgan fingerprint density at radius 2 is 2.00 bits per heavy atom. The second-order valence-corrected chi connectivity index (χ2v) is 7.98. The summed E-state index contributed by atoms with van der Waals surface area (Å²) in [5, 5.41) is 6.21. The van der Waals surface area contributed by atoms with Crippen molar-refractivity contribution >= 4 is 18.0 Å². The number of ether oxygens (including phenoxy) is 2. The molecule has 1 heterocycles. The monoisotopic (exact) mass is 399 g/mol. The van der Waals surface area contributed by atoms with E-state index in [0.717, 1.165) is 19.4 Å². The van der Waals surface area contributed by atoms with Gasteiger partial charge in [-0.3, -0.25) is 4.79 Å². The van der Waals surface area contributed by atoms with Crippen LogP contribution in [0.5, 0.6) is 0 Å². The molecule has 28 heavy (non-hydrogen) atoms. The van der Waals surface area contributed by atoms with Crippen LogP contribution < -0.4 is 10.6 Å². The summed E-state index contributed by atoms with van der Waals surface area (Å²) < 4.78 is 10.7. The Kier molecular flexibility index (Phi) is 10.1. The fourth-order valence-corrected chi connectivity index (χ4v) is 2.62. The third-order valence-corrected chi connectivity index (χ3v) is 4.02. The van der Waals surface area contributed by atoms with Gasteiger partial charge in [0.15, 0.2) is 5.96 Å². The number of likely N-dealkylation sites (tertiary alicyclic amines) is 1. The van der Waals surface area contributed by atoms with Crippen LogP contribution in [0, 0.1) is 0 Å². The van der Waals surface area contributed by atoms with Crippen molar-refractivity contribution in [3.8, 4) is 0 Å². The Hall–Kier alpha value is -2.03. The average molecular weight is 400 g/mol. The van der Waals surface area contributed by atoms with Gasteiger partial charge in [0, 0.05) is 46.9 Å². The van der Waals surface area contributed by atoms with Crippen LogP contribution in [0.3, 0.4) is 0 Å². The predicted octanol–water partition coefficient (Wildman–Crippen LogP) is 1.05. The first-order chi connectivity index (χ1) is 13.1. The van der Waals surface area contributed by atoms with E-state index in [1.807, 2.05) is 27.7 Å². The number of guanidine groups is 1. The van der Waals surface area contributed by atoms with E-state index in [9.17, 15) is 9.59 Å². The highest BCUT2D eigenvalue weighted by atomic mass is 16.6. The van der Waals surface area contributed by atoms with Gasteiger partial charge in [-0.2, -0.15) is 0 Å². The third kappa shape index (κ3) is 9.77. The summed E-state index contributed by atoms with van der Waals surface area (Å²) in [4.78, 5) is 31.9. The van der Waals surface area contributed by atoms with Gasteiger partial charge in [-0.25, -0.2) is 9.79 Å². The molecule has 0 saturated carbocycles. The van der Waals surface area contributed by atoms with Crippen molar-refractivity contribution in [3.63, 3.8) is 0 Å². The lowest BCUT2D eigenvalue weighted by atomic mass is 10.2. The standard InChI is InChI=1S/C19H37N5O4/c1-7-27-12-8-10-20-17(21-13-16(25)23(5)6)24-11-9-15(14-24)22-18(26)28-19(2,3)4/h15H,7-14H2,1-6H3,(H,20,21)(H,22,26). The predicted molar refractivity (Wildman–Crippen MR) is 109 cm³/mol. The van der Waals surface area contributed by atoms with Crippen LogP contribution in [0.25, 0.3) is 0 Å². The van der Waals surface area contributed by atoms with Gasteiger partial charge in [0.2, 0.25) is 5.91 Å². The zero-order valence-electron chi connectivity index (χ0n) is 18.2. The number of nitrogens with one attached hydrogen (secondary N) is 2. The van der Waals surface area contributed by atoms with E-state index >= 15 is 0 Å². The fourth-order valence-electron chi connectivity index (χ4n) is 2.62. The molecule has 1 atom stereocenters. The van der Waals surface area contributed by atoms with Crippen molar-refractivity contribution in [3.05, 3.63) is 0 Å². The molecule has 0 aromatic heterocycles. The maximum Gasteiger partial charge on any atom is 0.407 e. The number of rotatable bonds is 8. The summed E-state index contributed by atoms with van der Waals surface area (Å²) in [6.07, 6.45) is 1.23. The van der Waals surface area contributed by atoms with Crippen LogP contribution in [0.15, 0.2) is 4.99 Å². The number of hydrogen-bond donors (Lipinski definition) is 2. The van der Waals surface area contributed by atoms with Crippen LogP contribution in [0.4, 0.5) is 4.79 Å². The van der Waals surface area contributed by atoms with E-state index in [2.05, 4.69) is 20.5 Å². The van der Waals surface area contributed by atoms with E-state index in [1.54, 1.807) is 14.1 Å². The zero-order valence-corrected chi connectivity index (χ0v) is 18.2. The first kappa shape index (κ1) is 24.0. The van der Waals surface area contributed by atoms with Crippen molar-refractivity contribution in [1.82, 2.24) is 20.4 Å². The minimum absolute atomic E-state index is 0.0187. The molecule has 0 bridgehead atoms. The lowest BCUT2D eigenvalue weighted by Crippen LogP contribution is -2.45. The van der Waals surface area contributed by atoms with Crippen LogP contribution in [-0.4, -0.2) is 92.9 Å². The van der Waals surface area contributed by atoms with E-state index < -0.39 is 11.7 Å². The second-order valence-electron chi connectivity index (χ2n) is 7.98. The van der Waals surface area contributed by atoms with E-state index in [1.165, 1.54) is 4.90 Å². The molecule has 0 spiro atoms.